The van der Waals surface area contributed by atoms with Crippen LogP contribution < -0.4 is 22.1 Å². The Kier molecular flexibility index (Phi) is 8.90. The van der Waals surface area contributed by atoms with E-state index in [0.717, 1.165) is 0 Å². The number of benzene rings is 1. The van der Waals surface area contributed by atoms with Crippen LogP contribution in [0, 0.1) is 10.1 Å². The van der Waals surface area contributed by atoms with Crippen LogP contribution in [-0.4, -0.2) is 47.6 Å². The number of nitrogens with one attached hydrogen (secondary N) is 2. The number of nitrogens with two attached hydrogens (primary N) is 2. The minimum atomic E-state index is -0.505. The highest BCUT2D eigenvalue weighted by Gasteiger charge is 2.17. The molecule has 10 heteroatoms. The molecule has 0 aliphatic heterocycles. The van der Waals surface area contributed by atoms with Gasteiger partial charge in [-0.2, -0.15) is 0 Å². The maximum Gasteiger partial charge on any atom is 0.269 e. The average Bonchev–Trinajstić information content (AvgIpc) is 2.57. The molecule has 1 atom stereocenters. The monoisotopic (exact) mass is 352 g/mol. The van der Waals surface area contributed by atoms with Crippen molar-refractivity contribution in [1.82, 2.24) is 5.32 Å². The van der Waals surface area contributed by atoms with Crippen molar-refractivity contribution in [1.29, 1.82) is 0 Å². The van der Waals surface area contributed by atoms with Crippen LogP contribution in [0.3, 0.4) is 0 Å². The van der Waals surface area contributed by atoms with Gasteiger partial charge in [-0.1, -0.05) is 0 Å². The van der Waals surface area contributed by atoms with Gasteiger partial charge in [0.05, 0.1) is 11.0 Å². The van der Waals surface area contributed by atoms with Gasteiger partial charge in [-0.25, -0.2) is 0 Å². The molecule has 1 rings (SSSR count). The Morgan fingerprint density at radius 3 is 2.52 bits per heavy atom. The molecule has 0 bridgehead atoms. The van der Waals surface area contributed by atoms with E-state index < -0.39 is 11.0 Å². The van der Waals surface area contributed by atoms with Crippen molar-refractivity contribution in [3.8, 4) is 0 Å². The Morgan fingerprint density at radius 2 is 1.96 bits per heavy atom. The topological polar surface area (TPSA) is 169 Å². The number of nitro benzene ring substituents is 1. The number of nitrogens with zero attached hydrogens (tertiary/aromatic N) is 2. The lowest BCUT2D eigenvalue weighted by Gasteiger charge is -2.18. The predicted molar refractivity (Wildman–Crippen MR) is 95.1 cm³/mol. The fourth-order valence-corrected chi connectivity index (χ4v) is 2.08. The molecule has 10 nitrogen and oxygen atoms in total. The second kappa shape index (κ2) is 10.9. The lowest BCUT2D eigenvalue weighted by Crippen LogP contribution is -2.41. The first-order valence-electron chi connectivity index (χ1n) is 7.89. The van der Waals surface area contributed by atoms with E-state index in [1.807, 2.05) is 0 Å². The number of anilines is 1. The Balaban J connectivity index is 2.62. The highest BCUT2D eigenvalue weighted by molar-refractivity contribution is 5.94. The number of hydrogen-bond acceptors (Lipinski definition) is 6. The third-order valence-electron chi connectivity index (χ3n) is 3.33. The van der Waals surface area contributed by atoms with E-state index >= 15 is 0 Å². The molecule has 7 N–H and O–H groups in total. The number of aliphatic hydroxyl groups is 1. The first-order chi connectivity index (χ1) is 11.9. The first kappa shape index (κ1) is 20.3. The van der Waals surface area contributed by atoms with Gasteiger partial charge >= 0.3 is 0 Å². The van der Waals surface area contributed by atoms with E-state index in [1.165, 1.54) is 24.3 Å². The van der Waals surface area contributed by atoms with E-state index in [0.29, 0.717) is 38.0 Å². The molecule has 1 amide bonds. The Labute approximate surface area is 145 Å². The van der Waals surface area contributed by atoms with Crippen LogP contribution in [0.4, 0.5) is 11.4 Å². The van der Waals surface area contributed by atoms with Gasteiger partial charge in [0.1, 0.15) is 0 Å². The van der Waals surface area contributed by atoms with Crippen LogP contribution in [0.25, 0.3) is 0 Å². The van der Waals surface area contributed by atoms with Gasteiger partial charge in [-0.05, 0) is 37.9 Å². The normalized spacial score (nSPS) is 11.6. The van der Waals surface area contributed by atoms with Crippen LogP contribution in [0.2, 0.25) is 0 Å². The maximum atomic E-state index is 12.4. The minimum Gasteiger partial charge on any atom is -0.396 e. The van der Waals surface area contributed by atoms with E-state index in [1.54, 1.807) is 0 Å². The maximum absolute atomic E-state index is 12.4. The molecule has 0 spiro atoms. The fourth-order valence-electron chi connectivity index (χ4n) is 2.08. The van der Waals surface area contributed by atoms with Crippen LogP contribution in [0.5, 0.6) is 0 Å². The molecule has 0 aliphatic carbocycles. The van der Waals surface area contributed by atoms with E-state index in [9.17, 15) is 14.9 Å². The molecule has 0 saturated heterocycles. The van der Waals surface area contributed by atoms with Crippen LogP contribution >= 0.6 is 0 Å². The molecule has 0 fully saturated rings. The number of hydrogen-bond donors (Lipinski definition) is 5. The molecular weight excluding hydrogens is 328 g/mol. The second-order valence-electron chi connectivity index (χ2n) is 5.33. The summed E-state index contributed by atoms with van der Waals surface area (Å²) in [6.45, 7) is 0.917. The standard InChI is InChI=1S/C15H24N6O4/c16-15(17)19-8-1-3-13(18-9-2-10-22)14(23)20-11-4-6-12(7-5-11)21(24)25/h4-7,13,18,22H,1-3,8-10H2,(H,20,23)(H4,16,17,19)/t13-/m0/s1. The lowest BCUT2D eigenvalue weighted by atomic mass is 10.1. The molecule has 0 aliphatic rings. The van der Waals surface area contributed by atoms with E-state index in [2.05, 4.69) is 15.6 Å². The van der Waals surface area contributed by atoms with Crippen molar-refractivity contribution >= 4 is 23.2 Å². The summed E-state index contributed by atoms with van der Waals surface area (Å²) in [7, 11) is 0. The highest BCUT2D eigenvalue weighted by atomic mass is 16.6. The van der Waals surface area contributed by atoms with Crippen molar-refractivity contribution in [2.75, 3.05) is 25.0 Å². The minimum absolute atomic E-state index is 0.000112. The number of carbonyl (C=O) groups is 1. The van der Waals surface area contributed by atoms with Gasteiger partial charge in [0, 0.05) is 31.0 Å². The molecule has 1 aromatic rings. The summed E-state index contributed by atoms with van der Waals surface area (Å²) in [6.07, 6.45) is 1.62. The SMILES string of the molecule is NC(N)=NCCC[C@H](NCCCO)C(=O)Nc1ccc([N+](=O)[O-])cc1. The molecule has 138 valence electrons. The van der Waals surface area contributed by atoms with Crippen molar-refractivity contribution in [3.05, 3.63) is 34.4 Å². The molecule has 0 aromatic heterocycles. The molecule has 1 aromatic carbocycles. The number of rotatable bonds is 11. The van der Waals surface area contributed by atoms with Crippen LogP contribution in [0.15, 0.2) is 29.3 Å². The smallest absolute Gasteiger partial charge is 0.269 e. The third kappa shape index (κ3) is 8.08. The van der Waals surface area contributed by atoms with Crippen LogP contribution in [-0.2, 0) is 4.79 Å². The van der Waals surface area contributed by atoms with Crippen molar-refractivity contribution < 1.29 is 14.8 Å². The Hall–Kier alpha value is -2.72. The van der Waals surface area contributed by atoms with Gasteiger partial charge in [0.25, 0.3) is 5.69 Å². The number of aliphatic hydroxyl groups excluding tert-OH is 1. The zero-order chi connectivity index (χ0) is 18.7. The van der Waals surface area contributed by atoms with Crippen molar-refractivity contribution in [2.24, 2.45) is 16.5 Å². The van der Waals surface area contributed by atoms with Crippen LogP contribution in [0.1, 0.15) is 19.3 Å². The summed E-state index contributed by atoms with van der Waals surface area (Å²) in [5, 5.41) is 25.3. The average molecular weight is 352 g/mol. The van der Waals surface area contributed by atoms with Gasteiger partial charge < -0.3 is 27.2 Å². The molecule has 0 saturated carbocycles. The number of aliphatic imine (C=N–C) groups is 1. The summed E-state index contributed by atoms with van der Waals surface area (Å²) in [5.41, 5.74) is 10.9. The zero-order valence-corrected chi connectivity index (χ0v) is 13.9. The summed E-state index contributed by atoms with van der Waals surface area (Å²) < 4.78 is 0. The highest BCUT2D eigenvalue weighted by Crippen LogP contribution is 2.16. The summed E-state index contributed by atoms with van der Waals surface area (Å²) >= 11 is 0. The summed E-state index contributed by atoms with van der Waals surface area (Å²) in [5.74, 6) is -0.267. The zero-order valence-electron chi connectivity index (χ0n) is 13.9. The number of carbonyl (C=O) groups excluding carboxylic acids is 1. The number of non-ortho nitro benzene ring substituents is 1. The third-order valence-corrected chi connectivity index (χ3v) is 3.33. The van der Waals surface area contributed by atoms with Crippen molar-refractivity contribution in [3.63, 3.8) is 0 Å². The largest absolute Gasteiger partial charge is 0.396 e. The summed E-state index contributed by atoms with van der Waals surface area (Å²) in [4.78, 5) is 26.4. The predicted octanol–water partition coefficient (Wildman–Crippen LogP) is -0.0725. The summed E-state index contributed by atoms with van der Waals surface area (Å²) in [6, 6.07) is 5.10. The molecule has 0 heterocycles. The van der Waals surface area contributed by atoms with Gasteiger partial charge in [-0.15, -0.1) is 0 Å². The fraction of sp³-hybridized carbons (Fsp3) is 0.467. The van der Waals surface area contributed by atoms with Gasteiger partial charge in [-0.3, -0.25) is 19.9 Å². The van der Waals surface area contributed by atoms with Gasteiger partial charge in [0.2, 0.25) is 5.91 Å². The molecular formula is C15H24N6O4. The second-order valence-corrected chi connectivity index (χ2v) is 5.33. The van der Waals surface area contributed by atoms with E-state index in [-0.39, 0.29) is 24.2 Å². The molecule has 0 unspecified atom stereocenters. The first-order valence-corrected chi connectivity index (χ1v) is 7.89. The quantitative estimate of drug-likeness (QED) is 0.122. The van der Waals surface area contributed by atoms with Gasteiger partial charge in [0.15, 0.2) is 5.96 Å². The number of guanidine groups is 1. The molecule has 25 heavy (non-hydrogen) atoms. The number of amides is 1. The Morgan fingerprint density at radius 1 is 1.28 bits per heavy atom. The molecule has 0 radical (unpaired) electrons. The van der Waals surface area contributed by atoms with Crippen molar-refractivity contribution in [2.45, 2.75) is 25.3 Å². The Bertz CT molecular complexity index is 586. The lowest BCUT2D eigenvalue weighted by molar-refractivity contribution is -0.384. The van der Waals surface area contributed by atoms with E-state index in [4.69, 9.17) is 16.6 Å². The number of nitro groups is 1.